The zero-order valence-corrected chi connectivity index (χ0v) is 27.6. The topological polar surface area (TPSA) is 123 Å². The van der Waals surface area contributed by atoms with E-state index in [2.05, 4.69) is 55.8 Å². The molecule has 0 aromatic heterocycles. The minimum Gasteiger partial charge on any atom is -0.399 e. The molecule has 8 N–H and O–H groups in total. The summed E-state index contributed by atoms with van der Waals surface area (Å²) < 4.78 is 13.1. The van der Waals surface area contributed by atoms with Gasteiger partial charge in [0.05, 0.1) is 11.2 Å². The van der Waals surface area contributed by atoms with Crippen molar-refractivity contribution < 1.29 is 9.31 Å². The Morgan fingerprint density at radius 2 is 0.881 bits per heavy atom. The summed E-state index contributed by atoms with van der Waals surface area (Å²) >= 11 is 3.37. The molecule has 0 spiro atoms. The lowest BCUT2D eigenvalue weighted by atomic mass is 9.76. The van der Waals surface area contributed by atoms with Crippen LogP contribution in [0, 0.1) is 27.7 Å². The predicted octanol–water partition coefficient (Wildman–Crippen LogP) is 7.35. The van der Waals surface area contributed by atoms with Crippen LogP contribution in [0.5, 0.6) is 0 Å². The molecule has 222 valence electrons. The van der Waals surface area contributed by atoms with Crippen LogP contribution in [-0.4, -0.2) is 18.3 Å². The van der Waals surface area contributed by atoms with Crippen molar-refractivity contribution in [3.05, 3.63) is 99.5 Å². The average molecular weight is 631 g/mol. The maximum atomic E-state index is 6.01. The first-order valence-electron chi connectivity index (χ1n) is 14.0. The van der Waals surface area contributed by atoms with E-state index in [1.807, 2.05) is 88.4 Å². The van der Waals surface area contributed by atoms with E-state index in [1.54, 1.807) is 0 Å². The molecule has 1 heterocycles. The monoisotopic (exact) mass is 630 g/mol. The van der Waals surface area contributed by atoms with Crippen LogP contribution in [0.2, 0.25) is 0 Å². The normalized spacial score (nSPS) is 14.8. The van der Waals surface area contributed by atoms with Crippen molar-refractivity contribution in [1.82, 2.24) is 0 Å². The first kappa shape index (κ1) is 33.1. The lowest BCUT2D eigenvalue weighted by molar-refractivity contribution is 0.00578. The van der Waals surface area contributed by atoms with Crippen molar-refractivity contribution in [2.24, 2.45) is 0 Å². The van der Waals surface area contributed by atoms with E-state index in [-0.39, 0.29) is 18.3 Å². The summed E-state index contributed by atoms with van der Waals surface area (Å²) in [5, 5.41) is 0. The Bertz CT molecular complexity index is 1470. The molecule has 6 nitrogen and oxygen atoms in total. The smallest absolute Gasteiger partial charge is 0.399 e. The van der Waals surface area contributed by atoms with Gasteiger partial charge in [0.2, 0.25) is 0 Å². The van der Waals surface area contributed by atoms with E-state index in [0.717, 1.165) is 66.1 Å². The summed E-state index contributed by atoms with van der Waals surface area (Å²) in [5.74, 6) is 0. The molecule has 1 fully saturated rings. The third-order valence-corrected chi connectivity index (χ3v) is 9.14. The summed E-state index contributed by atoms with van der Waals surface area (Å²) in [6.45, 7) is 16.3. The molecule has 0 bridgehead atoms. The first-order valence-corrected chi connectivity index (χ1v) is 14.8. The zero-order chi connectivity index (χ0) is 31.4. The molecule has 42 heavy (non-hydrogen) atoms. The summed E-state index contributed by atoms with van der Waals surface area (Å²) in [5.41, 5.74) is 33.7. The molecule has 4 aromatic rings. The Morgan fingerprint density at radius 1 is 0.524 bits per heavy atom. The van der Waals surface area contributed by atoms with E-state index < -0.39 is 0 Å². The molecule has 0 aliphatic carbocycles. The highest BCUT2D eigenvalue weighted by atomic mass is 79.9. The van der Waals surface area contributed by atoms with Gasteiger partial charge in [0.15, 0.2) is 0 Å². The van der Waals surface area contributed by atoms with Gasteiger partial charge in [-0.1, -0.05) is 58.4 Å². The van der Waals surface area contributed by atoms with E-state index in [0.29, 0.717) is 0 Å². The molecule has 1 saturated heterocycles. The average Bonchev–Trinajstić information content (AvgIpc) is 3.14. The predicted molar refractivity (Wildman–Crippen MR) is 185 cm³/mol. The van der Waals surface area contributed by atoms with Gasteiger partial charge in [0.25, 0.3) is 0 Å². The molecule has 1 aliphatic heterocycles. The van der Waals surface area contributed by atoms with Crippen molar-refractivity contribution in [1.29, 1.82) is 0 Å². The summed E-state index contributed by atoms with van der Waals surface area (Å²) in [7, 11) is -0.330. The second-order valence-corrected chi connectivity index (χ2v) is 12.5. The number of nitrogen functional groups attached to an aromatic ring is 4. The highest BCUT2D eigenvalue weighted by molar-refractivity contribution is 9.10. The van der Waals surface area contributed by atoms with Crippen molar-refractivity contribution in [2.45, 2.75) is 66.6 Å². The largest absolute Gasteiger partial charge is 0.495 e. The van der Waals surface area contributed by atoms with Crippen LogP contribution in [0.4, 0.5) is 22.7 Å². The quantitative estimate of drug-likeness (QED) is 0.136. The highest BCUT2D eigenvalue weighted by Gasteiger charge is 2.52. The highest BCUT2D eigenvalue weighted by Crippen LogP contribution is 2.37. The third-order valence-electron chi connectivity index (χ3n) is 8.28. The number of benzene rings is 4. The molecule has 4 aromatic carbocycles. The molecule has 8 heteroatoms. The number of anilines is 4. The van der Waals surface area contributed by atoms with Gasteiger partial charge in [-0.05, 0) is 125 Å². The Labute approximate surface area is 260 Å². The van der Waals surface area contributed by atoms with Crippen LogP contribution in [0.15, 0.2) is 77.3 Å². The first-order chi connectivity index (χ1) is 19.6. The van der Waals surface area contributed by atoms with Crippen molar-refractivity contribution >= 4 is 51.3 Å². The maximum absolute atomic E-state index is 6.01. The van der Waals surface area contributed by atoms with Crippen LogP contribution in [0.3, 0.4) is 0 Å². The lowest BCUT2D eigenvalue weighted by Gasteiger charge is -2.32. The van der Waals surface area contributed by atoms with Crippen molar-refractivity contribution in [2.75, 3.05) is 22.9 Å². The molecular formula is C34H44BBrN4O2. The fraction of sp³-hybridized carbons (Fsp3) is 0.294. The van der Waals surface area contributed by atoms with Gasteiger partial charge >= 0.3 is 7.12 Å². The van der Waals surface area contributed by atoms with Crippen LogP contribution < -0.4 is 28.4 Å². The number of rotatable bonds is 2. The minimum atomic E-state index is -0.330. The fourth-order valence-corrected chi connectivity index (χ4v) is 4.79. The number of hydrogen-bond acceptors (Lipinski definition) is 6. The van der Waals surface area contributed by atoms with Gasteiger partial charge in [-0.25, -0.2) is 0 Å². The number of hydrogen-bond donors (Lipinski definition) is 4. The molecule has 0 amide bonds. The van der Waals surface area contributed by atoms with Crippen LogP contribution in [-0.2, 0) is 9.31 Å². The van der Waals surface area contributed by atoms with Gasteiger partial charge in [-0.3, -0.25) is 0 Å². The number of nitrogens with two attached hydrogens (primary N) is 4. The van der Waals surface area contributed by atoms with E-state index in [1.165, 1.54) is 0 Å². The molecule has 0 unspecified atom stereocenters. The Kier molecular flexibility index (Phi) is 10.4. The SMILES string of the molecule is Cc1c(N)cccc1-c1cccc(N)c1C.Cc1c(N)cccc1B1OC(C)(C)C(C)(C)O1.Cc1c(N)cccc1Br. The van der Waals surface area contributed by atoms with Gasteiger partial charge in [0, 0.05) is 27.2 Å². The van der Waals surface area contributed by atoms with E-state index >= 15 is 0 Å². The molecule has 5 rings (SSSR count). The maximum Gasteiger partial charge on any atom is 0.495 e. The second-order valence-electron chi connectivity index (χ2n) is 11.6. The van der Waals surface area contributed by atoms with Gasteiger partial charge < -0.3 is 32.2 Å². The number of halogens is 1. The molecule has 0 saturated carbocycles. The van der Waals surface area contributed by atoms with Crippen LogP contribution in [0.1, 0.15) is 49.9 Å². The van der Waals surface area contributed by atoms with Crippen LogP contribution in [0.25, 0.3) is 11.1 Å². The Hall–Kier alpha value is -3.46. The van der Waals surface area contributed by atoms with Gasteiger partial charge in [-0.15, -0.1) is 0 Å². The fourth-order valence-electron chi connectivity index (χ4n) is 4.41. The lowest BCUT2D eigenvalue weighted by Crippen LogP contribution is -2.41. The Morgan fingerprint density at radius 3 is 1.29 bits per heavy atom. The summed E-state index contributed by atoms with van der Waals surface area (Å²) in [6.07, 6.45) is 0. The van der Waals surface area contributed by atoms with Crippen molar-refractivity contribution in [3.63, 3.8) is 0 Å². The minimum absolute atomic E-state index is 0.311. The zero-order valence-electron chi connectivity index (χ0n) is 26.0. The van der Waals surface area contributed by atoms with Gasteiger partial charge in [-0.2, -0.15) is 0 Å². The van der Waals surface area contributed by atoms with E-state index in [4.69, 9.17) is 32.2 Å². The van der Waals surface area contributed by atoms with E-state index in [9.17, 15) is 0 Å². The third kappa shape index (κ3) is 7.30. The second kappa shape index (κ2) is 13.2. The van der Waals surface area contributed by atoms with Gasteiger partial charge in [0.1, 0.15) is 0 Å². The van der Waals surface area contributed by atoms with Crippen molar-refractivity contribution in [3.8, 4) is 11.1 Å². The summed E-state index contributed by atoms with van der Waals surface area (Å²) in [6, 6.07) is 23.6. The Balaban J connectivity index is 0.000000181. The molecule has 0 radical (unpaired) electrons. The molecule has 0 atom stereocenters. The molecular weight excluding hydrogens is 587 g/mol. The summed E-state index contributed by atoms with van der Waals surface area (Å²) in [4.78, 5) is 0. The van der Waals surface area contributed by atoms with Crippen LogP contribution >= 0.6 is 15.9 Å². The molecule has 1 aliphatic rings. The standard InChI is InChI=1S/C14H16N2.C13H20BNO2.C7H8BrN/c1-9-11(5-3-7-13(9)15)12-6-4-8-14(16)10(12)2;1-9-10(7-6-8-11(9)15)14-16-12(2,3)13(4,5)17-14;1-5-6(8)3-2-4-7(5)9/h3-8H,15-16H2,1-2H3;6-8H,15H2,1-5H3;2-4H,9H2,1H3.